The lowest BCUT2D eigenvalue weighted by molar-refractivity contribution is -0.123. The molecule has 4 nitrogen and oxygen atoms in total. The van der Waals surface area contributed by atoms with Crippen LogP contribution in [-0.2, 0) is 4.79 Å². The molecular formula is C14H20FNO3. The van der Waals surface area contributed by atoms with Crippen molar-refractivity contribution in [1.29, 1.82) is 0 Å². The molecule has 0 fully saturated rings. The Morgan fingerprint density at radius 3 is 2.79 bits per heavy atom. The Labute approximate surface area is 112 Å². The largest absolute Gasteiger partial charge is 0.481 e. The Morgan fingerprint density at radius 2 is 2.16 bits per heavy atom. The molecule has 106 valence electrons. The third kappa shape index (κ3) is 5.26. The number of ether oxygens (including phenoxy) is 1. The predicted octanol–water partition coefficient (Wildman–Crippen LogP) is 1.73. The summed E-state index contributed by atoms with van der Waals surface area (Å²) in [6.45, 7) is 3.78. The molecule has 0 aliphatic heterocycles. The fourth-order valence-corrected chi connectivity index (χ4v) is 1.45. The van der Waals surface area contributed by atoms with Gasteiger partial charge in [0.15, 0.2) is 18.2 Å². The second kappa shape index (κ2) is 7.74. The van der Waals surface area contributed by atoms with E-state index in [4.69, 9.17) is 4.74 Å². The monoisotopic (exact) mass is 269 g/mol. The highest BCUT2D eigenvalue weighted by molar-refractivity contribution is 5.77. The van der Waals surface area contributed by atoms with Crippen LogP contribution in [0.2, 0.25) is 0 Å². The molecule has 1 rings (SSSR count). The minimum Gasteiger partial charge on any atom is -0.481 e. The summed E-state index contributed by atoms with van der Waals surface area (Å²) in [7, 11) is 0. The molecule has 2 N–H and O–H groups in total. The minimum atomic E-state index is -0.581. The van der Waals surface area contributed by atoms with Crippen LogP contribution in [0.4, 0.5) is 4.39 Å². The third-order valence-electron chi connectivity index (χ3n) is 3.00. The highest BCUT2D eigenvalue weighted by Crippen LogP contribution is 2.14. The van der Waals surface area contributed by atoms with Gasteiger partial charge in [-0.1, -0.05) is 32.4 Å². The van der Waals surface area contributed by atoms with Crippen LogP contribution >= 0.6 is 0 Å². The summed E-state index contributed by atoms with van der Waals surface area (Å²) >= 11 is 0. The van der Waals surface area contributed by atoms with E-state index in [1.807, 2.05) is 13.8 Å². The van der Waals surface area contributed by atoms with Gasteiger partial charge in [-0.25, -0.2) is 4.39 Å². The van der Waals surface area contributed by atoms with Crippen LogP contribution in [0.5, 0.6) is 5.75 Å². The molecule has 0 radical (unpaired) electrons. The van der Waals surface area contributed by atoms with E-state index in [9.17, 15) is 14.3 Å². The number of amides is 1. The van der Waals surface area contributed by atoms with Gasteiger partial charge in [-0.15, -0.1) is 0 Å². The second-order valence-corrected chi connectivity index (χ2v) is 4.48. The molecule has 0 saturated carbocycles. The molecule has 2 unspecified atom stereocenters. The standard InChI is InChI=1S/C14H20FNO3/c1-3-10(2)12(17)8-16-14(18)9-19-13-7-5-4-6-11(13)15/h4-7,10,12,17H,3,8-9H2,1-2H3,(H,16,18). The van der Waals surface area contributed by atoms with Gasteiger partial charge in [0.1, 0.15) is 0 Å². The van der Waals surface area contributed by atoms with Gasteiger partial charge in [0.2, 0.25) is 0 Å². The summed E-state index contributed by atoms with van der Waals surface area (Å²) < 4.78 is 18.3. The number of carbonyl (C=O) groups is 1. The van der Waals surface area contributed by atoms with Gasteiger partial charge in [-0.2, -0.15) is 0 Å². The molecule has 5 heteroatoms. The van der Waals surface area contributed by atoms with E-state index in [1.165, 1.54) is 12.1 Å². The molecule has 0 aliphatic rings. The van der Waals surface area contributed by atoms with Crippen molar-refractivity contribution in [3.63, 3.8) is 0 Å². The molecule has 0 heterocycles. The highest BCUT2D eigenvalue weighted by Gasteiger charge is 2.13. The molecule has 2 atom stereocenters. The van der Waals surface area contributed by atoms with Crippen LogP contribution in [0.15, 0.2) is 24.3 Å². The van der Waals surface area contributed by atoms with E-state index in [0.29, 0.717) is 0 Å². The average Bonchev–Trinajstić information content (AvgIpc) is 2.42. The van der Waals surface area contributed by atoms with E-state index in [-0.39, 0.29) is 30.7 Å². The lowest BCUT2D eigenvalue weighted by Crippen LogP contribution is -2.37. The van der Waals surface area contributed by atoms with Crippen molar-refractivity contribution in [3.05, 3.63) is 30.1 Å². The van der Waals surface area contributed by atoms with Gasteiger partial charge in [-0.05, 0) is 18.1 Å². The lowest BCUT2D eigenvalue weighted by Gasteiger charge is -2.17. The fraction of sp³-hybridized carbons (Fsp3) is 0.500. The predicted molar refractivity (Wildman–Crippen MR) is 70.4 cm³/mol. The zero-order chi connectivity index (χ0) is 14.3. The maximum absolute atomic E-state index is 13.2. The normalized spacial score (nSPS) is 13.7. The van der Waals surface area contributed by atoms with Crippen molar-refractivity contribution in [1.82, 2.24) is 5.32 Å². The van der Waals surface area contributed by atoms with Gasteiger partial charge in [-0.3, -0.25) is 4.79 Å². The van der Waals surface area contributed by atoms with E-state index in [1.54, 1.807) is 12.1 Å². The quantitative estimate of drug-likeness (QED) is 0.792. The van der Waals surface area contributed by atoms with Gasteiger partial charge in [0, 0.05) is 6.54 Å². The third-order valence-corrected chi connectivity index (χ3v) is 3.00. The Balaban J connectivity index is 2.31. The van der Waals surface area contributed by atoms with Crippen LogP contribution in [-0.4, -0.2) is 30.3 Å². The summed E-state index contributed by atoms with van der Waals surface area (Å²) in [5.41, 5.74) is 0. The molecule has 0 aliphatic carbocycles. The molecule has 0 aromatic heterocycles. The zero-order valence-corrected chi connectivity index (χ0v) is 11.2. The van der Waals surface area contributed by atoms with Gasteiger partial charge in [0.05, 0.1) is 6.10 Å². The fourth-order valence-electron chi connectivity index (χ4n) is 1.45. The number of aliphatic hydroxyl groups excluding tert-OH is 1. The number of rotatable bonds is 7. The summed E-state index contributed by atoms with van der Waals surface area (Å²) in [5.74, 6) is -0.728. The van der Waals surface area contributed by atoms with E-state index in [2.05, 4.69) is 5.32 Å². The van der Waals surface area contributed by atoms with Crippen molar-refractivity contribution < 1.29 is 19.0 Å². The van der Waals surface area contributed by atoms with Crippen molar-refractivity contribution in [2.24, 2.45) is 5.92 Å². The first kappa shape index (κ1) is 15.4. The van der Waals surface area contributed by atoms with Crippen LogP contribution < -0.4 is 10.1 Å². The Hall–Kier alpha value is -1.62. The van der Waals surface area contributed by atoms with Gasteiger partial charge >= 0.3 is 0 Å². The topological polar surface area (TPSA) is 58.6 Å². The number of benzene rings is 1. The number of hydrogen-bond donors (Lipinski definition) is 2. The van der Waals surface area contributed by atoms with E-state index < -0.39 is 11.9 Å². The molecule has 0 saturated heterocycles. The van der Waals surface area contributed by atoms with Crippen LogP contribution in [0.1, 0.15) is 20.3 Å². The van der Waals surface area contributed by atoms with E-state index >= 15 is 0 Å². The van der Waals surface area contributed by atoms with Crippen LogP contribution in [0.25, 0.3) is 0 Å². The zero-order valence-electron chi connectivity index (χ0n) is 11.2. The molecule has 1 aromatic carbocycles. The first-order valence-corrected chi connectivity index (χ1v) is 6.36. The average molecular weight is 269 g/mol. The van der Waals surface area contributed by atoms with Crippen molar-refractivity contribution in [2.45, 2.75) is 26.4 Å². The maximum Gasteiger partial charge on any atom is 0.258 e. The Bertz CT molecular complexity index is 411. The highest BCUT2D eigenvalue weighted by atomic mass is 19.1. The van der Waals surface area contributed by atoms with Crippen molar-refractivity contribution >= 4 is 5.91 Å². The second-order valence-electron chi connectivity index (χ2n) is 4.48. The Kier molecular flexibility index (Phi) is 6.29. The maximum atomic E-state index is 13.2. The summed E-state index contributed by atoms with van der Waals surface area (Å²) in [5, 5.41) is 12.2. The van der Waals surface area contributed by atoms with Gasteiger partial charge in [0.25, 0.3) is 5.91 Å². The van der Waals surface area contributed by atoms with Gasteiger partial charge < -0.3 is 15.2 Å². The molecule has 1 aromatic rings. The smallest absolute Gasteiger partial charge is 0.258 e. The molecule has 0 bridgehead atoms. The van der Waals surface area contributed by atoms with Crippen LogP contribution in [0.3, 0.4) is 0 Å². The molecule has 19 heavy (non-hydrogen) atoms. The van der Waals surface area contributed by atoms with Crippen molar-refractivity contribution in [3.8, 4) is 5.75 Å². The molecular weight excluding hydrogens is 249 g/mol. The summed E-state index contributed by atoms with van der Waals surface area (Å²) in [6, 6.07) is 5.89. The minimum absolute atomic E-state index is 0.0418. The number of hydrogen-bond acceptors (Lipinski definition) is 3. The van der Waals surface area contributed by atoms with E-state index in [0.717, 1.165) is 6.42 Å². The van der Waals surface area contributed by atoms with Crippen LogP contribution in [0, 0.1) is 11.7 Å². The molecule has 0 spiro atoms. The number of aliphatic hydroxyl groups is 1. The first-order valence-electron chi connectivity index (χ1n) is 6.36. The van der Waals surface area contributed by atoms with Crippen molar-refractivity contribution in [2.75, 3.05) is 13.2 Å². The number of nitrogens with one attached hydrogen (secondary N) is 1. The number of carbonyl (C=O) groups excluding carboxylic acids is 1. The molecule has 1 amide bonds. The summed E-state index contributed by atoms with van der Waals surface area (Å²) in [4.78, 5) is 11.5. The Morgan fingerprint density at radius 1 is 1.47 bits per heavy atom. The first-order chi connectivity index (χ1) is 9.04. The number of halogens is 1. The SMILES string of the molecule is CCC(C)C(O)CNC(=O)COc1ccccc1F. The lowest BCUT2D eigenvalue weighted by atomic mass is 10.0. The number of para-hydroxylation sites is 1. The summed E-state index contributed by atoms with van der Waals surface area (Å²) in [6.07, 6.45) is 0.255.